The smallest absolute Gasteiger partial charge is 0.257 e. The van der Waals surface area contributed by atoms with E-state index in [0.717, 1.165) is 54.9 Å². The summed E-state index contributed by atoms with van der Waals surface area (Å²) in [7, 11) is 0. The van der Waals surface area contributed by atoms with Gasteiger partial charge in [-0.3, -0.25) is 4.79 Å². The molecule has 0 spiro atoms. The molecule has 5 rings (SSSR count). The number of hydrogen-bond acceptors (Lipinski definition) is 3. The molecule has 0 N–H and O–H groups in total. The number of nitrogens with zero attached hydrogens (tertiary/aromatic N) is 5. The third-order valence-corrected chi connectivity index (χ3v) is 6.64. The summed E-state index contributed by atoms with van der Waals surface area (Å²) in [6.45, 7) is 5.66. The number of aryl methyl sites for hydroxylation is 2. The minimum Gasteiger partial charge on any atom is -0.338 e. The fourth-order valence-corrected chi connectivity index (χ4v) is 4.61. The van der Waals surface area contributed by atoms with Gasteiger partial charge in [0, 0.05) is 43.3 Å². The van der Waals surface area contributed by atoms with Crippen molar-refractivity contribution in [3.8, 4) is 16.9 Å². The van der Waals surface area contributed by atoms with Gasteiger partial charge in [-0.25, -0.2) is 9.67 Å². The highest BCUT2D eigenvalue weighted by Crippen LogP contribution is 2.29. The summed E-state index contributed by atoms with van der Waals surface area (Å²) in [5.74, 6) is 0.0495. The van der Waals surface area contributed by atoms with Crippen molar-refractivity contribution in [2.45, 2.75) is 39.2 Å². The zero-order chi connectivity index (χ0) is 22.8. The van der Waals surface area contributed by atoms with E-state index in [1.54, 1.807) is 0 Å². The van der Waals surface area contributed by atoms with Crippen LogP contribution in [0.2, 0.25) is 0 Å². The Labute approximate surface area is 194 Å². The standard InChI is InChI=1S/C27H29N5O/c1-3-21-8-10-22(11-9-21)26-24(18-32(29-26)25-7-5-4-6-20(25)2)27(33)30-15-12-23(13-16-30)31-17-14-28-19-31/h4-11,14,17-19,23H,3,12-13,15-16H2,1-2H3. The maximum Gasteiger partial charge on any atom is 0.257 e. The van der Waals surface area contributed by atoms with Crippen LogP contribution < -0.4 is 0 Å². The predicted molar refractivity (Wildman–Crippen MR) is 130 cm³/mol. The molecule has 1 aliphatic heterocycles. The van der Waals surface area contributed by atoms with Crippen LogP contribution in [0.15, 0.2) is 73.4 Å². The van der Waals surface area contributed by atoms with Crippen molar-refractivity contribution in [3.05, 3.63) is 90.1 Å². The molecule has 0 radical (unpaired) electrons. The molecule has 0 unspecified atom stereocenters. The molecule has 1 aliphatic rings. The summed E-state index contributed by atoms with van der Waals surface area (Å²) in [5, 5.41) is 4.90. The molecule has 0 bridgehead atoms. The van der Waals surface area contributed by atoms with Crippen molar-refractivity contribution in [1.29, 1.82) is 0 Å². The lowest BCUT2D eigenvalue weighted by molar-refractivity contribution is 0.0695. The maximum atomic E-state index is 13.7. The third-order valence-electron chi connectivity index (χ3n) is 6.64. The van der Waals surface area contributed by atoms with Crippen LogP contribution in [-0.4, -0.2) is 43.2 Å². The molecular formula is C27H29N5O. The molecule has 6 nitrogen and oxygen atoms in total. The number of hydrogen-bond donors (Lipinski definition) is 0. The van der Waals surface area contributed by atoms with Crippen LogP contribution in [0.5, 0.6) is 0 Å². The lowest BCUT2D eigenvalue weighted by Gasteiger charge is -2.32. The summed E-state index contributed by atoms with van der Waals surface area (Å²) in [6, 6.07) is 16.9. The van der Waals surface area contributed by atoms with Gasteiger partial charge in [-0.2, -0.15) is 5.10 Å². The molecule has 6 heteroatoms. The first-order valence-electron chi connectivity index (χ1n) is 11.7. The van der Waals surface area contributed by atoms with E-state index in [4.69, 9.17) is 5.10 Å². The van der Waals surface area contributed by atoms with Gasteiger partial charge in [0.1, 0.15) is 5.69 Å². The molecule has 2 aromatic carbocycles. The minimum absolute atomic E-state index is 0.0495. The van der Waals surface area contributed by atoms with Gasteiger partial charge in [0.05, 0.1) is 17.6 Å². The molecule has 3 heterocycles. The van der Waals surface area contributed by atoms with Crippen LogP contribution in [0.3, 0.4) is 0 Å². The van der Waals surface area contributed by atoms with E-state index in [2.05, 4.69) is 53.7 Å². The number of imidazole rings is 1. The van der Waals surface area contributed by atoms with Gasteiger partial charge in [0.25, 0.3) is 5.91 Å². The van der Waals surface area contributed by atoms with Gasteiger partial charge < -0.3 is 9.47 Å². The molecule has 1 fully saturated rings. The van der Waals surface area contributed by atoms with Crippen LogP contribution >= 0.6 is 0 Å². The lowest BCUT2D eigenvalue weighted by Crippen LogP contribution is -2.39. The Balaban J connectivity index is 1.47. The quantitative estimate of drug-likeness (QED) is 0.436. The van der Waals surface area contributed by atoms with Crippen LogP contribution in [0.25, 0.3) is 16.9 Å². The van der Waals surface area contributed by atoms with Crippen molar-refractivity contribution in [1.82, 2.24) is 24.2 Å². The van der Waals surface area contributed by atoms with Crippen molar-refractivity contribution >= 4 is 5.91 Å². The molecule has 4 aromatic rings. The van der Waals surface area contributed by atoms with E-state index >= 15 is 0 Å². The Kier molecular flexibility index (Phi) is 5.82. The number of rotatable bonds is 5. The second-order valence-electron chi connectivity index (χ2n) is 8.71. The van der Waals surface area contributed by atoms with Crippen molar-refractivity contribution in [2.75, 3.05) is 13.1 Å². The number of aromatic nitrogens is 4. The molecule has 2 aromatic heterocycles. The second kappa shape index (κ2) is 9.06. The van der Waals surface area contributed by atoms with Gasteiger partial charge in [-0.1, -0.05) is 49.4 Å². The lowest BCUT2D eigenvalue weighted by atomic mass is 10.0. The highest BCUT2D eigenvalue weighted by molar-refractivity contribution is 6.00. The SMILES string of the molecule is CCc1ccc(-c2nn(-c3ccccc3C)cc2C(=O)N2CCC(n3ccnc3)CC2)cc1. The average Bonchev–Trinajstić information content (AvgIpc) is 3.55. The average molecular weight is 440 g/mol. The molecule has 0 saturated carbocycles. The Morgan fingerprint density at radius 2 is 1.82 bits per heavy atom. The van der Waals surface area contributed by atoms with Crippen molar-refractivity contribution in [2.24, 2.45) is 0 Å². The fourth-order valence-electron chi connectivity index (χ4n) is 4.61. The highest BCUT2D eigenvalue weighted by atomic mass is 16.2. The summed E-state index contributed by atoms with van der Waals surface area (Å²) in [4.78, 5) is 19.8. The number of carbonyl (C=O) groups excluding carboxylic acids is 1. The van der Waals surface area contributed by atoms with Gasteiger partial charge >= 0.3 is 0 Å². The molecule has 168 valence electrons. The van der Waals surface area contributed by atoms with Crippen LogP contribution in [0.4, 0.5) is 0 Å². The number of piperidine rings is 1. The Morgan fingerprint density at radius 3 is 2.48 bits per heavy atom. The van der Waals surface area contributed by atoms with Gasteiger partial charge in [0.2, 0.25) is 0 Å². The first-order chi connectivity index (χ1) is 16.1. The molecule has 0 aliphatic carbocycles. The second-order valence-corrected chi connectivity index (χ2v) is 8.71. The van der Waals surface area contributed by atoms with Crippen molar-refractivity contribution in [3.63, 3.8) is 0 Å². The minimum atomic E-state index is 0.0495. The summed E-state index contributed by atoms with van der Waals surface area (Å²) >= 11 is 0. The van der Waals surface area contributed by atoms with E-state index in [9.17, 15) is 4.79 Å². The Bertz CT molecular complexity index is 1230. The van der Waals surface area contributed by atoms with E-state index in [0.29, 0.717) is 11.6 Å². The largest absolute Gasteiger partial charge is 0.338 e. The Morgan fingerprint density at radius 1 is 1.06 bits per heavy atom. The van der Waals surface area contributed by atoms with Gasteiger partial charge in [0.15, 0.2) is 0 Å². The van der Waals surface area contributed by atoms with E-state index in [1.165, 1.54) is 5.56 Å². The highest BCUT2D eigenvalue weighted by Gasteiger charge is 2.28. The maximum absolute atomic E-state index is 13.7. The first-order valence-corrected chi connectivity index (χ1v) is 11.7. The summed E-state index contributed by atoms with van der Waals surface area (Å²) in [6.07, 6.45) is 10.4. The molecule has 1 amide bonds. The molecule has 33 heavy (non-hydrogen) atoms. The first kappa shape index (κ1) is 21.2. The molecule has 0 atom stereocenters. The predicted octanol–water partition coefficient (Wildman–Crippen LogP) is 5.08. The van der Waals surface area contributed by atoms with Gasteiger partial charge in [-0.15, -0.1) is 0 Å². The third kappa shape index (κ3) is 4.21. The topological polar surface area (TPSA) is 56.0 Å². The van der Waals surface area contributed by atoms with E-state index < -0.39 is 0 Å². The molecule has 1 saturated heterocycles. The molecular weight excluding hydrogens is 410 g/mol. The van der Waals surface area contributed by atoms with E-state index in [1.807, 2.05) is 52.7 Å². The number of para-hydroxylation sites is 1. The number of likely N-dealkylation sites (tertiary alicyclic amines) is 1. The monoisotopic (exact) mass is 439 g/mol. The summed E-state index contributed by atoms with van der Waals surface area (Å²) in [5.41, 5.74) is 5.74. The van der Waals surface area contributed by atoms with Crippen molar-refractivity contribution < 1.29 is 4.79 Å². The fraction of sp³-hybridized carbons (Fsp3) is 0.296. The van der Waals surface area contributed by atoms with Gasteiger partial charge in [-0.05, 0) is 43.4 Å². The zero-order valence-electron chi connectivity index (χ0n) is 19.2. The number of carbonyl (C=O) groups is 1. The Hall–Kier alpha value is -3.67. The number of benzene rings is 2. The summed E-state index contributed by atoms with van der Waals surface area (Å²) < 4.78 is 4.00. The van der Waals surface area contributed by atoms with Crippen LogP contribution in [0, 0.1) is 6.92 Å². The number of amides is 1. The van der Waals surface area contributed by atoms with E-state index in [-0.39, 0.29) is 5.91 Å². The van der Waals surface area contributed by atoms with Crippen LogP contribution in [0.1, 0.15) is 47.3 Å². The zero-order valence-corrected chi connectivity index (χ0v) is 19.2. The normalized spacial score (nSPS) is 14.5. The van der Waals surface area contributed by atoms with Crippen LogP contribution in [-0.2, 0) is 6.42 Å².